The van der Waals surface area contributed by atoms with Crippen molar-refractivity contribution in [3.8, 4) is 0 Å². The number of H-pyrrole nitrogens is 1. The van der Waals surface area contributed by atoms with Crippen LogP contribution in [0.2, 0.25) is 0 Å². The van der Waals surface area contributed by atoms with E-state index < -0.39 is 17.4 Å². The van der Waals surface area contributed by atoms with Crippen molar-refractivity contribution >= 4 is 17.7 Å². The molecule has 114 valence electrons. The van der Waals surface area contributed by atoms with Crippen LogP contribution in [-0.4, -0.2) is 46.5 Å². The first-order valence-corrected chi connectivity index (χ1v) is 6.73. The number of hydrogen-bond acceptors (Lipinski definition) is 4. The number of amides is 1. The first kappa shape index (κ1) is 15.2. The van der Waals surface area contributed by atoms with Crippen LogP contribution in [0.1, 0.15) is 47.0 Å². The fourth-order valence-electron chi connectivity index (χ4n) is 2.43. The molecular weight excluding hydrogens is 276 g/mol. The molecule has 0 bridgehead atoms. The molecule has 1 amide bonds. The van der Waals surface area contributed by atoms with Gasteiger partial charge in [0.05, 0.1) is 12.0 Å². The minimum absolute atomic E-state index is 0.142. The number of aliphatic carboxylic acids is 1. The number of hydrogen-bond donors (Lipinski definition) is 3. The lowest BCUT2D eigenvalue weighted by atomic mass is 9.86. The average molecular weight is 294 g/mol. The summed E-state index contributed by atoms with van der Waals surface area (Å²) >= 11 is 0. The molecule has 1 aliphatic rings. The molecule has 1 aromatic rings. The van der Waals surface area contributed by atoms with Crippen LogP contribution >= 0.6 is 0 Å². The minimum Gasteiger partial charge on any atom is -0.481 e. The topological polar surface area (TPSA) is 108 Å². The van der Waals surface area contributed by atoms with Gasteiger partial charge in [0.25, 0.3) is 5.91 Å². The number of carboxylic acid groups (broad SMARTS) is 1. The summed E-state index contributed by atoms with van der Waals surface area (Å²) in [7, 11) is 0. The van der Waals surface area contributed by atoms with Gasteiger partial charge in [0.2, 0.25) is 0 Å². The van der Waals surface area contributed by atoms with Gasteiger partial charge in [-0.15, -0.1) is 0 Å². The standard InChI is InChI=1S/C14H18N2O5/c1-9(17)10-6-11(15-8-10)13(20)16-14(7-12(18)19)2-4-21-5-3-14/h6,8,15H,2-5,7H2,1H3,(H,16,20)(H,18,19). The normalized spacial score (nSPS) is 17.2. The molecule has 0 unspecified atom stereocenters. The molecule has 0 aromatic carbocycles. The number of nitrogens with one attached hydrogen (secondary N) is 2. The lowest BCUT2D eigenvalue weighted by Gasteiger charge is -2.36. The second-order valence-corrected chi connectivity index (χ2v) is 5.28. The zero-order valence-corrected chi connectivity index (χ0v) is 11.8. The maximum absolute atomic E-state index is 12.2. The molecule has 2 heterocycles. The van der Waals surface area contributed by atoms with E-state index in [-0.39, 0.29) is 17.9 Å². The van der Waals surface area contributed by atoms with Crippen molar-refractivity contribution in [1.29, 1.82) is 0 Å². The predicted octanol–water partition coefficient (Wildman–Crippen LogP) is 0.971. The molecule has 0 radical (unpaired) electrons. The number of aromatic nitrogens is 1. The first-order chi connectivity index (χ1) is 9.92. The Kier molecular flexibility index (Phi) is 4.42. The number of carbonyl (C=O) groups is 3. The van der Waals surface area contributed by atoms with Crippen LogP contribution in [0.5, 0.6) is 0 Å². The smallest absolute Gasteiger partial charge is 0.305 e. The highest BCUT2D eigenvalue weighted by molar-refractivity contribution is 5.99. The van der Waals surface area contributed by atoms with E-state index in [1.165, 1.54) is 19.2 Å². The van der Waals surface area contributed by atoms with Gasteiger partial charge in [0, 0.05) is 25.0 Å². The summed E-state index contributed by atoms with van der Waals surface area (Å²) in [5.74, 6) is -1.52. The second kappa shape index (κ2) is 6.09. The van der Waals surface area contributed by atoms with Crippen molar-refractivity contribution in [2.45, 2.75) is 31.7 Å². The quantitative estimate of drug-likeness (QED) is 0.701. The Morgan fingerprint density at radius 2 is 2.05 bits per heavy atom. The predicted molar refractivity (Wildman–Crippen MR) is 73.3 cm³/mol. The highest BCUT2D eigenvalue weighted by atomic mass is 16.5. The third kappa shape index (κ3) is 3.69. The molecule has 0 saturated carbocycles. The van der Waals surface area contributed by atoms with E-state index in [4.69, 9.17) is 9.84 Å². The van der Waals surface area contributed by atoms with E-state index in [0.717, 1.165) is 0 Å². The van der Waals surface area contributed by atoms with Crippen LogP contribution in [0.15, 0.2) is 12.3 Å². The summed E-state index contributed by atoms with van der Waals surface area (Å²) in [6.45, 7) is 2.24. The SMILES string of the molecule is CC(=O)c1c[nH]c(C(=O)NC2(CC(=O)O)CCOCC2)c1. The van der Waals surface area contributed by atoms with E-state index in [9.17, 15) is 14.4 Å². The van der Waals surface area contributed by atoms with Gasteiger partial charge in [-0.1, -0.05) is 0 Å². The maximum Gasteiger partial charge on any atom is 0.305 e. The highest BCUT2D eigenvalue weighted by Gasteiger charge is 2.36. The summed E-state index contributed by atoms with van der Waals surface area (Å²) in [6.07, 6.45) is 2.21. The van der Waals surface area contributed by atoms with E-state index in [0.29, 0.717) is 31.6 Å². The number of ketones is 1. The Morgan fingerprint density at radius 3 is 2.57 bits per heavy atom. The van der Waals surface area contributed by atoms with Crippen molar-refractivity contribution in [1.82, 2.24) is 10.3 Å². The van der Waals surface area contributed by atoms with E-state index in [1.807, 2.05) is 0 Å². The van der Waals surface area contributed by atoms with Gasteiger partial charge < -0.3 is 20.1 Å². The van der Waals surface area contributed by atoms with Gasteiger partial charge in [-0.05, 0) is 25.8 Å². The Hall–Kier alpha value is -2.15. The zero-order chi connectivity index (χ0) is 15.5. The largest absolute Gasteiger partial charge is 0.481 e. The van der Waals surface area contributed by atoms with E-state index in [1.54, 1.807) is 0 Å². The van der Waals surface area contributed by atoms with Crippen molar-refractivity contribution in [3.63, 3.8) is 0 Å². The number of rotatable bonds is 5. The molecule has 1 aromatic heterocycles. The lowest BCUT2D eigenvalue weighted by Crippen LogP contribution is -2.53. The Balaban J connectivity index is 2.13. The van der Waals surface area contributed by atoms with Crippen molar-refractivity contribution < 1.29 is 24.2 Å². The first-order valence-electron chi connectivity index (χ1n) is 6.73. The third-order valence-electron chi connectivity index (χ3n) is 3.65. The number of aromatic amines is 1. The van der Waals surface area contributed by atoms with E-state index in [2.05, 4.69) is 10.3 Å². The second-order valence-electron chi connectivity index (χ2n) is 5.28. The van der Waals surface area contributed by atoms with Gasteiger partial charge >= 0.3 is 5.97 Å². The molecule has 2 rings (SSSR count). The molecule has 1 aliphatic heterocycles. The van der Waals surface area contributed by atoms with Crippen LogP contribution in [0.3, 0.4) is 0 Å². The lowest BCUT2D eigenvalue weighted by molar-refractivity contribution is -0.139. The fraction of sp³-hybridized carbons (Fsp3) is 0.500. The van der Waals surface area contributed by atoms with Crippen molar-refractivity contribution in [3.05, 3.63) is 23.5 Å². The van der Waals surface area contributed by atoms with Crippen LogP contribution in [0.4, 0.5) is 0 Å². The number of carbonyl (C=O) groups excluding carboxylic acids is 2. The van der Waals surface area contributed by atoms with Crippen LogP contribution < -0.4 is 5.32 Å². The molecule has 21 heavy (non-hydrogen) atoms. The van der Waals surface area contributed by atoms with Gasteiger partial charge in [-0.3, -0.25) is 14.4 Å². The van der Waals surface area contributed by atoms with E-state index >= 15 is 0 Å². The summed E-state index contributed by atoms with van der Waals surface area (Å²) < 4.78 is 5.23. The Bertz CT molecular complexity index is 557. The molecule has 7 heteroatoms. The number of carboxylic acids is 1. The van der Waals surface area contributed by atoms with Gasteiger partial charge in [0.15, 0.2) is 5.78 Å². The van der Waals surface area contributed by atoms with Crippen LogP contribution in [-0.2, 0) is 9.53 Å². The number of Topliss-reactive ketones (excluding diaryl/α,β-unsaturated/α-hetero) is 1. The van der Waals surface area contributed by atoms with Crippen LogP contribution in [0.25, 0.3) is 0 Å². The number of ether oxygens (including phenoxy) is 1. The third-order valence-corrected chi connectivity index (χ3v) is 3.65. The van der Waals surface area contributed by atoms with Gasteiger partial charge in [-0.2, -0.15) is 0 Å². The monoisotopic (exact) mass is 294 g/mol. The highest BCUT2D eigenvalue weighted by Crippen LogP contribution is 2.25. The summed E-state index contributed by atoms with van der Waals surface area (Å²) in [5, 5.41) is 11.8. The fourth-order valence-corrected chi connectivity index (χ4v) is 2.43. The maximum atomic E-state index is 12.2. The molecular formula is C14H18N2O5. The summed E-state index contributed by atoms with van der Waals surface area (Å²) in [6, 6.07) is 1.46. The zero-order valence-electron chi connectivity index (χ0n) is 11.8. The molecule has 1 saturated heterocycles. The molecule has 3 N–H and O–H groups in total. The van der Waals surface area contributed by atoms with Crippen molar-refractivity contribution in [2.75, 3.05) is 13.2 Å². The average Bonchev–Trinajstić information content (AvgIpc) is 2.88. The Labute approximate surface area is 121 Å². The molecule has 7 nitrogen and oxygen atoms in total. The minimum atomic E-state index is -0.965. The molecule has 0 atom stereocenters. The van der Waals surface area contributed by atoms with Gasteiger partial charge in [0.1, 0.15) is 5.69 Å². The summed E-state index contributed by atoms with van der Waals surface area (Å²) in [5.41, 5.74) is -0.140. The molecule has 0 aliphatic carbocycles. The Morgan fingerprint density at radius 1 is 1.38 bits per heavy atom. The molecule has 0 spiro atoms. The van der Waals surface area contributed by atoms with Crippen molar-refractivity contribution in [2.24, 2.45) is 0 Å². The van der Waals surface area contributed by atoms with Gasteiger partial charge in [-0.25, -0.2) is 0 Å². The molecule has 1 fully saturated rings. The summed E-state index contributed by atoms with van der Waals surface area (Å²) in [4.78, 5) is 37.3. The van der Waals surface area contributed by atoms with Crippen LogP contribution in [0, 0.1) is 0 Å².